The molecule has 1 aromatic rings. The number of hydrogen-bond donors (Lipinski definition) is 1. The summed E-state index contributed by atoms with van der Waals surface area (Å²) in [5.74, 6) is -3.01. The minimum atomic E-state index is -1.09. The molecule has 0 aromatic heterocycles. The predicted octanol–water partition coefficient (Wildman–Crippen LogP) is 3.25. The van der Waals surface area contributed by atoms with Crippen molar-refractivity contribution < 1.29 is 23.4 Å². The first-order chi connectivity index (χ1) is 10.6. The quantitative estimate of drug-likeness (QED) is 0.912. The lowest BCUT2D eigenvalue weighted by atomic mass is 9.95. The highest BCUT2D eigenvalue weighted by Gasteiger charge is 2.21. The lowest BCUT2D eigenvalue weighted by molar-refractivity contribution is -0.132. The first-order valence-electron chi connectivity index (χ1n) is 6.68. The van der Waals surface area contributed by atoms with Gasteiger partial charge in [0.1, 0.15) is 0 Å². The zero-order valence-corrected chi connectivity index (χ0v) is 11.4. The average molecular weight is 302 g/mol. The van der Waals surface area contributed by atoms with Gasteiger partial charge in [-0.2, -0.15) is 0 Å². The normalized spacial score (nSPS) is 20.5. The summed E-state index contributed by atoms with van der Waals surface area (Å²) in [5.41, 5.74) is 1.05. The molecule has 22 heavy (non-hydrogen) atoms. The van der Waals surface area contributed by atoms with Crippen molar-refractivity contribution in [3.05, 3.63) is 76.9 Å². The Labute approximate surface area is 125 Å². The van der Waals surface area contributed by atoms with Gasteiger partial charge in [0.15, 0.2) is 11.6 Å². The topological polar surface area (TPSA) is 46.5 Å². The molecule has 0 fully saturated rings. The molecule has 1 N–H and O–H groups in total. The number of ether oxygens (including phenoxy) is 1. The Kier molecular flexibility index (Phi) is 3.73. The molecule has 1 atom stereocenters. The molecule has 5 heteroatoms. The molecule has 1 aliphatic heterocycles. The number of carboxylic acids is 1. The fraction of sp³-hybridized carbons (Fsp3) is 0.118. The van der Waals surface area contributed by atoms with E-state index in [0.29, 0.717) is 11.1 Å². The predicted molar refractivity (Wildman–Crippen MR) is 77.0 cm³/mol. The first kappa shape index (κ1) is 14.4. The molecule has 0 radical (unpaired) electrons. The van der Waals surface area contributed by atoms with E-state index in [4.69, 9.17) is 9.84 Å². The summed E-state index contributed by atoms with van der Waals surface area (Å²) < 4.78 is 33.1. The van der Waals surface area contributed by atoms with Crippen molar-refractivity contribution in [3.8, 4) is 0 Å². The Bertz CT molecular complexity index is 757. The minimum Gasteiger partial charge on any atom is -0.478 e. The van der Waals surface area contributed by atoms with Gasteiger partial charge < -0.3 is 9.84 Å². The second kappa shape index (κ2) is 5.69. The Morgan fingerprint density at radius 2 is 2.14 bits per heavy atom. The van der Waals surface area contributed by atoms with Crippen LogP contribution in [0.3, 0.4) is 0 Å². The molecule has 1 aliphatic carbocycles. The number of fused-ring (bicyclic) bond motifs is 1. The molecule has 3 nitrogen and oxygen atoms in total. The summed E-state index contributed by atoms with van der Waals surface area (Å²) in [6.07, 6.45) is 7.40. The lowest BCUT2D eigenvalue weighted by Crippen LogP contribution is -2.05. The SMILES string of the molecule is O=C(O)C1=CC2=CC(C=C1)OCC=C2c1cccc(F)c1F. The summed E-state index contributed by atoms with van der Waals surface area (Å²) in [5, 5.41) is 9.17. The van der Waals surface area contributed by atoms with Crippen LogP contribution in [0.4, 0.5) is 8.78 Å². The molecule has 0 saturated heterocycles. The third-order valence-electron chi connectivity index (χ3n) is 3.50. The van der Waals surface area contributed by atoms with Crippen LogP contribution in [-0.4, -0.2) is 23.8 Å². The molecule has 2 aliphatic rings. The number of carbonyl (C=O) groups is 1. The van der Waals surface area contributed by atoms with Crippen LogP contribution in [0.5, 0.6) is 0 Å². The molecule has 0 amide bonds. The van der Waals surface area contributed by atoms with Gasteiger partial charge in [-0.1, -0.05) is 24.3 Å². The highest BCUT2D eigenvalue weighted by Crippen LogP contribution is 2.32. The van der Waals surface area contributed by atoms with Crippen LogP contribution >= 0.6 is 0 Å². The van der Waals surface area contributed by atoms with E-state index < -0.39 is 23.7 Å². The van der Waals surface area contributed by atoms with Crippen LogP contribution < -0.4 is 0 Å². The summed E-state index contributed by atoms with van der Waals surface area (Å²) in [6.45, 7) is 0.219. The van der Waals surface area contributed by atoms with E-state index in [1.807, 2.05) is 0 Å². The van der Waals surface area contributed by atoms with Gasteiger partial charge in [0, 0.05) is 5.56 Å². The number of hydrogen-bond acceptors (Lipinski definition) is 2. The van der Waals surface area contributed by atoms with Crippen molar-refractivity contribution in [1.82, 2.24) is 0 Å². The third kappa shape index (κ3) is 2.63. The van der Waals surface area contributed by atoms with Gasteiger partial charge in [-0.3, -0.25) is 0 Å². The molecule has 3 rings (SSSR count). The largest absolute Gasteiger partial charge is 0.478 e. The lowest BCUT2D eigenvalue weighted by Gasteiger charge is -2.10. The standard InChI is InChI=1S/C17H12F2O3/c18-15-3-1-2-14(16(15)19)13-6-7-22-12-5-4-10(17(20)21)8-11(13)9-12/h1-6,8-9,12H,7H2,(H,20,21). The van der Waals surface area contributed by atoms with E-state index in [1.165, 1.54) is 24.3 Å². The van der Waals surface area contributed by atoms with Crippen molar-refractivity contribution in [2.75, 3.05) is 6.61 Å². The summed E-state index contributed by atoms with van der Waals surface area (Å²) >= 11 is 0. The van der Waals surface area contributed by atoms with Gasteiger partial charge >= 0.3 is 5.97 Å². The van der Waals surface area contributed by atoms with E-state index in [-0.39, 0.29) is 17.7 Å². The molecule has 1 unspecified atom stereocenters. The Morgan fingerprint density at radius 3 is 2.91 bits per heavy atom. The maximum absolute atomic E-state index is 14.1. The second-order valence-corrected chi connectivity index (χ2v) is 4.90. The molecular formula is C17H12F2O3. The molecule has 0 saturated carbocycles. The smallest absolute Gasteiger partial charge is 0.335 e. The molecule has 1 heterocycles. The van der Waals surface area contributed by atoms with Crippen LogP contribution in [0.15, 0.2) is 59.7 Å². The van der Waals surface area contributed by atoms with Gasteiger partial charge in [0.05, 0.1) is 18.3 Å². The van der Waals surface area contributed by atoms with Gasteiger partial charge in [-0.25, -0.2) is 13.6 Å². The van der Waals surface area contributed by atoms with E-state index in [0.717, 1.165) is 6.07 Å². The van der Waals surface area contributed by atoms with Gasteiger partial charge in [-0.05, 0) is 35.4 Å². The number of allylic oxidation sites excluding steroid dienone is 3. The van der Waals surface area contributed by atoms with Crippen LogP contribution in [0.1, 0.15) is 5.56 Å². The van der Waals surface area contributed by atoms with Crippen LogP contribution in [0, 0.1) is 11.6 Å². The number of rotatable bonds is 2. The number of aliphatic carboxylic acids is 1. The van der Waals surface area contributed by atoms with Crippen LogP contribution in [-0.2, 0) is 9.53 Å². The monoisotopic (exact) mass is 302 g/mol. The average Bonchev–Trinajstić information content (AvgIpc) is 2.82. The van der Waals surface area contributed by atoms with Crippen molar-refractivity contribution in [3.63, 3.8) is 0 Å². The fourth-order valence-corrected chi connectivity index (χ4v) is 2.44. The molecule has 0 spiro atoms. The number of benzene rings is 1. The van der Waals surface area contributed by atoms with Crippen molar-refractivity contribution in [2.45, 2.75) is 6.10 Å². The zero-order valence-electron chi connectivity index (χ0n) is 11.4. The highest BCUT2D eigenvalue weighted by molar-refractivity contribution is 5.93. The highest BCUT2D eigenvalue weighted by atomic mass is 19.2. The fourth-order valence-electron chi connectivity index (χ4n) is 2.44. The van der Waals surface area contributed by atoms with Gasteiger partial charge in [0.25, 0.3) is 0 Å². The first-order valence-corrected chi connectivity index (χ1v) is 6.68. The summed E-state index contributed by atoms with van der Waals surface area (Å²) in [4.78, 5) is 11.2. The van der Waals surface area contributed by atoms with Gasteiger partial charge in [-0.15, -0.1) is 0 Å². The van der Waals surface area contributed by atoms with Gasteiger partial charge in [0.2, 0.25) is 0 Å². The third-order valence-corrected chi connectivity index (χ3v) is 3.50. The summed E-state index contributed by atoms with van der Waals surface area (Å²) in [7, 11) is 0. The van der Waals surface area contributed by atoms with Crippen molar-refractivity contribution in [2.24, 2.45) is 0 Å². The van der Waals surface area contributed by atoms with Crippen molar-refractivity contribution >= 4 is 11.5 Å². The minimum absolute atomic E-state index is 0.0574. The molecule has 1 aromatic carbocycles. The summed E-state index contributed by atoms with van der Waals surface area (Å²) in [6, 6.07) is 3.91. The maximum atomic E-state index is 14.1. The van der Waals surface area contributed by atoms with E-state index in [2.05, 4.69) is 0 Å². The van der Waals surface area contributed by atoms with E-state index >= 15 is 0 Å². The molecule has 112 valence electrons. The maximum Gasteiger partial charge on any atom is 0.335 e. The zero-order chi connectivity index (χ0) is 15.7. The van der Waals surface area contributed by atoms with E-state index in [9.17, 15) is 13.6 Å². The van der Waals surface area contributed by atoms with Crippen molar-refractivity contribution in [1.29, 1.82) is 0 Å². The number of carboxylic acid groups (broad SMARTS) is 1. The van der Waals surface area contributed by atoms with Crippen LogP contribution in [0.2, 0.25) is 0 Å². The van der Waals surface area contributed by atoms with Crippen LogP contribution in [0.25, 0.3) is 5.57 Å². The molecule has 2 bridgehead atoms. The van der Waals surface area contributed by atoms with E-state index in [1.54, 1.807) is 18.2 Å². The Morgan fingerprint density at radius 1 is 1.32 bits per heavy atom. The Hall–Kier alpha value is -2.53. The second-order valence-electron chi connectivity index (χ2n) is 4.90. The molecular weight excluding hydrogens is 290 g/mol. The Balaban J connectivity index is 2.13. The number of halogens is 2.